The van der Waals surface area contributed by atoms with Crippen LogP contribution in [0, 0.1) is 0 Å². The van der Waals surface area contributed by atoms with Gasteiger partial charge in [0.1, 0.15) is 11.4 Å². The van der Waals surface area contributed by atoms with Gasteiger partial charge in [-0.3, -0.25) is 0 Å². The summed E-state index contributed by atoms with van der Waals surface area (Å²) < 4.78 is 42.7. The number of para-hydroxylation sites is 1. The van der Waals surface area contributed by atoms with Gasteiger partial charge in [0.05, 0.1) is 11.9 Å². The first-order valence-corrected chi connectivity index (χ1v) is 5.02. The minimum absolute atomic E-state index is 0.0480. The first kappa shape index (κ1) is 12.2. The Bertz CT molecular complexity index is 541. The van der Waals surface area contributed by atoms with Crippen LogP contribution in [0.5, 0.6) is 11.5 Å². The molecule has 0 radical (unpaired) electrons. The van der Waals surface area contributed by atoms with Gasteiger partial charge in [0.25, 0.3) is 0 Å². The lowest BCUT2D eigenvalue weighted by Gasteiger charge is -2.11. The molecule has 1 aromatic carbocycles. The number of aromatic nitrogens is 1. The van der Waals surface area contributed by atoms with E-state index in [0.29, 0.717) is 5.75 Å². The van der Waals surface area contributed by atoms with E-state index in [9.17, 15) is 13.2 Å². The van der Waals surface area contributed by atoms with E-state index < -0.39 is 11.9 Å². The number of benzene rings is 1. The molecule has 1 heterocycles. The lowest BCUT2D eigenvalue weighted by atomic mass is 10.3. The van der Waals surface area contributed by atoms with E-state index in [4.69, 9.17) is 10.5 Å². The molecule has 1 aromatic heterocycles. The molecule has 0 bridgehead atoms. The summed E-state index contributed by atoms with van der Waals surface area (Å²) in [7, 11) is 0. The van der Waals surface area contributed by atoms with Crippen molar-refractivity contribution in [2.24, 2.45) is 0 Å². The third kappa shape index (κ3) is 2.71. The van der Waals surface area contributed by atoms with Crippen molar-refractivity contribution in [2.45, 2.75) is 6.18 Å². The van der Waals surface area contributed by atoms with Crippen molar-refractivity contribution >= 4 is 5.69 Å². The highest BCUT2D eigenvalue weighted by atomic mass is 19.4. The first-order valence-electron chi connectivity index (χ1n) is 5.02. The molecular weight excluding hydrogens is 245 g/mol. The Morgan fingerprint density at radius 1 is 1.11 bits per heavy atom. The number of ether oxygens (including phenoxy) is 1. The van der Waals surface area contributed by atoms with Gasteiger partial charge in [-0.15, -0.1) is 0 Å². The van der Waals surface area contributed by atoms with Crippen LogP contribution in [0.3, 0.4) is 0 Å². The van der Waals surface area contributed by atoms with E-state index in [1.807, 2.05) is 0 Å². The Morgan fingerprint density at radius 3 is 2.39 bits per heavy atom. The summed E-state index contributed by atoms with van der Waals surface area (Å²) in [5.41, 5.74) is 4.53. The van der Waals surface area contributed by atoms with E-state index in [1.165, 1.54) is 0 Å². The van der Waals surface area contributed by atoms with Gasteiger partial charge in [-0.25, -0.2) is 4.98 Å². The van der Waals surface area contributed by atoms with Crippen molar-refractivity contribution in [3.05, 3.63) is 48.3 Å². The monoisotopic (exact) mass is 254 g/mol. The molecule has 0 aliphatic rings. The molecule has 0 atom stereocenters. The summed E-state index contributed by atoms with van der Waals surface area (Å²) in [6.07, 6.45) is -3.59. The van der Waals surface area contributed by atoms with Crippen LogP contribution in [0.15, 0.2) is 42.6 Å². The lowest BCUT2D eigenvalue weighted by molar-refractivity contribution is -0.141. The maximum Gasteiger partial charge on any atom is 0.433 e. The van der Waals surface area contributed by atoms with Crippen molar-refractivity contribution in [2.75, 3.05) is 5.73 Å². The van der Waals surface area contributed by atoms with Crippen molar-refractivity contribution in [1.82, 2.24) is 4.98 Å². The predicted molar refractivity (Wildman–Crippen MR) is 60.2 cm³/mol. The molecule has 18 heavy (non-hydrogen) atoms. The van der Waals surface area contributed by atoms with Crippen LogP contribution in [0.1, 0.15) is 5.69 Å². The van der Waals surface area contributed by atoms with Crippen LogP contribution in [0.2, 0.25) is 0 Å². The van der Waals surface area contributed by atoms with Crippen molar-refractivity contribution in [3.63, 3.8) is 0 Å². The van der Waals surface area contributed by atoms with Gasteiger partial charge in [-0.1, -0.05) is 18.2 Å². The summed E-state index contributed by atoms with van der Waals surface area (Å²) in [6, 6.07) is 9.20. The number of nitrogen functional groups attached to an aromatic ring is 1. The van der Waals surface area contributed by atoms with Crippen LogP contribution < -0.4 is 10.5 Å². The Morgan fingerprint density at radius 2 is 1.78 bits per heavy atom. The fourth-order valence-corrected chi connectivity index (χ4v) is 1.31. The summed E-state index contributed by atoms with van der Waals surface area (Å²) in [4.78, 5) is 3.22. The quantitative estimate of drug-likeness (QED) is 0.892. The predicted octanol–water partition coefficient (Wildman–Crippen LogP) is 3.47. The zero-order chi connectivity index (χ0) is 13.2. The Balaban J connectivity index is 2.33. The summed E-state index contributed by atoms with van der Waals surface area (Å²) >= 11 is 0. The molecule has 2 rings (SSSR count). The molecule has 6 heteroatoms. The maximum absolute atomic E-state index is 12.5. The van der Waals surface area contributed by atoms with E-state index >= 15 is 0 Å². The maximum atomic E-state index is 12.5. The second kappa shape index (κ2) is 4.56. The SMILES string of the molecule is Nc1cnc(C(F)(F)F)cc1Oc1ccccc1. The van der Waals surface area contributed by atoms with E-state index in [0.717, 1.165) is 12.3 Å². The van der Waals surface area contributed by atoms with Gasteiger partial charge in [-0.05, 0) is 12.1 Å². The number of pyridine rings is 1. The van der Waals surface area contributed by atoms with Crippen LogP contribution in [-0.2, 0) is 6.18 Å². The number of alkyl halides is 3. The Hall–Kier alpha value is -2.24. The number of anilines is 1. The van der Waals surface area contributed by atoms with Crippen LogP contribution in [-0.4, -0.2) is 4.98 Å². The van der Waals surface area contributed by atoms with Gasteiger partial charge in [0.2, 0.25) is 0 Å². The first-order chi connectivity index (χ1) is 8.47. The second-order valence-electron chi connectivity index (χ2n) is 3.52. The third-order valence-corrected chi connectivity index (χ3v) is 2.16. The molecule has 0 saturated heterocycles. The largest absolute Gasteiger partial charge is 0.455 e. The average Bonchev–Trinajstić information content (AvgIpc) is 2.32. The van der Waals surface area contributed by atoms with Crippen molar-refractivity contribution < 1.29 is 17.9 Å². The fourth-order valence-electron chi connectivity index (χ4n) is 1.31. The number of hydrogen-bond donors (Lipinski definition) is 1. The van der Waals surface area contributed by atoms with E-state index in [1.54, 1.807) is 30.3 Å². The normalized spacial score (nSPS) is 11.3. The average molecular weight is 254 g/mol. The van der Waals surface area contributed by atoms with Gasteiger partial charge in [-0.2, -0.15) is 13.2 Å². The number of halogens is 3. The molecule has 0 aliphatic heterocycles. The van der Waals surface area contributed by atoms with E-state index in [2.05, 4.69) is 4.98 Å². The smallest absolute Gasteiger partial charge is 0.433 e. The molecule has 0 aliphatic carbocycles. The van der Waals surface area contributed by atoms with Crippen molar-refractivity contribution in [1.29, 1.82) is 0 Å². The number of nitrogens with zero attached hydrogens (tertiary/aromatic N) is 1. The van der Waals surface area contributed by atoms with Gasteiger partial charge < -0.3 is 10.5 Å². The van der Waals surface area contributed by atoms with Gasteiger partial charge in [0, 0.05) is 6.07 Å². The highest BCUT2D eigenvalue weighted by molar-refractivity contribution is 5.53. The van der Waals surface area contributed by atoms with Gasteiger partial charge in [0.15, 0.2) is 5.75 Å². The summed E-state index contributed by atoms with van der Waals surface area (Å²) in [6.45, 7) is 0. The van der Waals surface area contributed by atoms with Gasteiger partial charge >= 0.3 is 6.18 Å². The van der Waals surface area contributed by atoms with E-state index in [-0.39, 0.29) is 11.4 Å². The minimum atomic E-state index is -4.53. The standard InChI is InChI=1S/C12H9F3N2O/c13-12(14,15)11-6-10(9(16)7-17-11)18-8-4-2-1-3-5-8/h1-7H,16H2. The highest BCUT2D eigenvalue weighted by Crippen LogP contribution is 2.34. The molecule has 3 nitrogen and oxygen atoms in total. The zero-order valence-corrected chi connectivity index (χ0v) is 9.11. The lowest BCUT2D eigenvalue weighted by Crippen LogP contribution is -2.08. The molecule has 0 unspecified atom stereocenters. The number of nitrogens with two attached hydrogens (primary N) is 1. The van der Waals surface area contributed by atoms with Crippen LogP contribution >= 0.6 is 0 Å². The second-order valence-corrected chi connectivity index (χ2v) is 3.52. The number of rotatable bonds is 2. The Kier molecular flexibility index (Phi) is 3.10. The minimum Gasteiger partial charge on any atom is -0.455 e. The highest BCUT2D eigenvalue weighted by Gasteiger charge is 2.33. The van der Waals surface area contributed by atoms with Crippen LogP contribution in [0.25, 0.3) is 0 Å². The molecule has 2 aromatic rings. The molecule has 2 N–H and O–H groups in total. The number of hydrogen-bond acceptors (Lipinski definition) is 3. The molecule has 0 spiro atoms. The topological polar surface area (TPSA) is 48.1 Å². The summed E-state index contributed by atoms with van der Waals surface area (Å²) in [5, 5.41) is 0. The summed E-state index contributed by atoms with van der Waals surface area (Å²) in [5.74, 6) is 0.340. The molecule has 0 amide bonds. The van der Waals surface area contributed by atoms with Crippen molar-refractivity contribution in [3.8, 4) is 11.5 Å². The molecule has 94 valence electrons. The molecular formula is C12H9F3N2O. The molecule has 0 fully saturated rings. The fraction of sp³-hybridized carbons (Fsp3) is 0.0833. The molecule has 0 saturated carbocycles. The third-order valence-electron chi connectivity index (χ3n) is 2.16. The van der Waals surface area contributed by atoms with Crippen LogP contribution in [0.4, 0.5) is 18.9 Å². The zero-order valence-electron chi connectivity index (χ0n) is 9.11. The Labute approximate surface area is 101 Å².